The number of nitrogens with zero attached hydrogens (tertiary/aromatic N) is 2. The number of hydrogen-bond acceptors (Lipinski definition) is 4. The summed E-state index contributed by atoms with van der Waals surface area (Å²) in [7, 11) is -3.44. The molecule has 1 aliphatic rings. The summed E-state index contributed by atoms with van der Waals surface area (Å²) in [4.78, 5) is 0.231. The summed E-state index contributed by atoms with van der Waals surface area (Å²) in [5, 5.41) is 9.60. The lowest BCUT2D eigenvalue weighted by Crippen LogP contribution is -2.44. The minimum Gasteiger partial charge on any atom is -0.313 e. The van der Waals surface area contributed by atoms with Crippen molar-refractivity contribution in [1.29, 1.82) is 0 Å². The van der Waals surface area contributed by atoms with E-state index in [1.165, 1.54) is 12.4 Å². The minimum absolute atomic E-state index is 0.0627. The molecule has 1 aromatic heterocycles. The monoisotopic (exact) mass is 272 g/mol. The summed E-state index contributed by atoms with van der Waals surface area (Å²) in [6.45, 7) is 5.28. The molecule has 1 fully saturated rings. The Hall–Kier alpha value is -0.920. The Morgan fingerprint density at radius 3 is 2.83 bits per heavy atom. The van der Waals surface area contributed by atoms with Crippen LogP contribution in [0.15, 0.2) is 17.3 Å². The Labute approximate surface area is 108 Å². The van der Waals surface area contributed by atoms with E-state index < -0.39 is 10.0 Å². The zero-order valence-corrected chi connectivity index (χ0v) is 11.6. The van der Waals surface area contributed by atoms with Crippen LogP contribution in [0.2, 0.25) is 0 Å². The number of sulfonamides is 1. The molecule has 0 aliphatic carbocycles. The minimum atomic E-state index is -3.44. The van der Waals surface area contributed by atoms with Crippen LogP contribution in [0.1, 0.15) is 26.7 Å². The maximum absolute atomic E-state index is 12.5. The lowest BCUT2D eigenvalue weighted by atomic mass is 10.2. The molecule has 102 valence electrons. The van der Waals surface area contributed by atoms with Crippen LogP contribution in [0.4, 0.5) is 0 Å². The van der Waals surface area contributed by atoms with Gasteiger partial charge in [0.1, 0.15) is 4.90 Å². The van der Waals surface area contributed by atoms with Gasteiger partial charge in [-0.3, -0.25) is 5.10 Å². The number of rotatable bonds is 5. The Balaban J connectivity index is 2.19. The van der Waals surface area contributed by atoms with Crippen molar-refractivity contribution in [2.24, 2.45) is 0 Å². The number of nitrogens with one attached hydrogen (secondary N) is 2. The molecule has 2 N–H and O–H groups in total. The third-order valence-corrected chi connectivity index (χ3v) is 5.23. The molecule has 1 aromatic rings. The predicted molar refractivity (Wildman–Crippen MR) is 68.6 cm³/mol. The van der Waals surface area contributed by atoms with Crippen molar-refractivity contribution >= 4 is 10.0 Å². The average molecular weight is 272 g/mol. The van der Waals surface area contributed by atoms with Gasteiger partial charge in [0, 0.05) is 24.8 Å². The van der Waals surface area contributed by atoms with Gasteiger partial charge in [-0.25, -0.2) is 8.42 Å². The van der Waals surface area contributed by atoms with Crippen molar-refractivity contribution in [3.8, 4) is 0 Å². The molecule has 0 spiro atoms. The second-order valence-electron chi connectivity index (χ2n) is 4.90. The van der Waals surface area contributed by atoms with Crippen molar-refractivity contribution in [2.75, 3.05) is 13.1 Å². The fourth-order valence-corrected chi connectivity index (χ4v) is 3.82. The molecule has 0 saturated carbocycles. The molecule has 2 rings (SSSR count). The zero-order chi connectivity index (χ0) is 13.2. The summed E-state index contributed by atoms with van der Waals surface area (Å²) < 4.78 is 26.5. The average Bonchev–Trinajstić information content (AvgIpc) is 2.98. The van der Waals surface area contributed by atoms with Crippen LogP contribution in [0.5, 0.6) is 0 Å². The SMILES string of the molecule is CC(C)N(CC1CCCN1)S(=O)(=O)c1cn[nH]c1. The van der Waals surface area contributed by atoms with Crippen molar-refractivity contribution < 1.29 is 8.42 Å². The molecule has 18 heavy (non-hydrogen) atoms. The van der Waals surface area contributed by atoms with Gasteiger partial charge in [0.2, 0.25) is 10.0 Å². The van der Waals surface area contributed by atoms with Gasteiger partial charge in [-0.05, 0) is 33.2 Å². The van der Waals surface area contributed by atoms with Crippen LogP contribution in [-0.2, 0) is 10.0 Å². The largest absolute Gasteiger partial charge is 0.313 e. The Bertz CT molecular complexity index is 463. The predicted octanol–water partition coefficient (Wildman–Crippen LogP) is 0.561. The lowest BCUT2D eigenvalue weighted by molar-refractivity contribution is 0.322. The maximum Gasteiger partial charge on any atom is 0.246 e. The van der Waals surface area contributed by atoms with Gasteiger partial charge in [-0.2, -0.15) is 9.40 Å². The van der Waals surface area contributed by atoms with Crippen LogP contribution in [0, 0.1) is 0 Å². The van der Waals surface area contributed by atoms with Gasteiger partial charge in [0.05, 0.1) is 6.20 Å². The fraction of sp³-hybridized carbons (Fsp3) is 0.727. The van der Waals surface area contributed by atoms with E-state index in [-0.39, 0.29) is 17.0 Å². The van der Waals surface area contributed by atoms with Crippen molar-refractivity contribution in [3.05, 3.63) is 12.4 Å². The topological polar surface area (TPSA) is 78.1 Å². The summed E-state index contributed by atoms with van der Waals surface area (Å²) in [6, 6.07) is 0.196. The molecule has 1 unspecified atom stereocenters. The van der Waals surface area contributed by atoms with E-state index in [9.17, 15) is 8.42 Å². The molecule has 7 heteroatoms. The normalized spacial score (nSPS) is 21.0. The van der Waals surface area contributed by atoms with E-state index >= 15 is 0 Å². The highest BCUT2D eigenvalue weighted by atomic mass is 32.2. The first-order valence-electron chi connectivity index (χ1n) is 6.26. The second-order valence-corrected chi connectivity index (χ2v) is 6.79. The molecule has 1 saturated heterocycles. The molecule has 0 bridgehead atoms. The molecule has 0 radical (unpaired) electrons. The molecule has 0 aromatic carbocycles. The molecular weight excluding hydrogens is 252 g/mol. The highest BCUT2D eigenvalue weighted by Crippen LogP contribution is 2.19. The van der Waals surface area contributed by atoms with Gasteiger partial charge in [0.25, 0.3) is 0 Å². The molecule has 1 aliphatic heterocycles. The standard InChI is InChI=1S/C11H20N4O2S/c1-9(2)15(8-10-4-3-5-12-10)18(16,17)11-6-13-14-7-11/h6-7,9-10,12H,3-5,8H2,1-2H3,(H,13,14). The number of hydrogen-bond donors (Lipinski definition) is 2. The van der Waals surface area contributed by atoms with E-state index in [1.807, 2.05) is 13.8 Å². The highest BCUT2D eigenvalue weighted by Gasteiger charge is 2.30. The van der Waals surface area contributed by atoms with E-state index in [0.717, 1.165) is 19.4 Å². The van der Waals surface area contributed by atoms with Crippen LogP contribution >= 0.6 is 0 Å². The maximum atomic E-state index is 12.5. The summed E-state index contributed by atoms with van der Waals surface area (Å²) in [5.41, 5.74) is 0. The molecule has 6 nitrogen and oxygen atoms in total. The second kappa shape index (κ2) is 5.38. The van der Waals surface area contributed by atoms with Gasteiger partial charge in [-0.1, -0.05) is 0 Å². The van der Waals surface area contributed by atoms with Gasteiger partial charge >= 0.3 is 0 Å². The third-order valence-electron chi connectivity index (χ3n) is 3.22. The highest BCUT2D eigenvalue weighted by molar-refractivity contribution is 7.89. The number of H-pyrrole nitrogens is 1. The van der Waals surface area contributed by atoms with E-state index in [1.54, 1.807) is 4.31 Å². The first-order valence-corrected chi connectivity index (χ1v) is 7.70. The van der Waals surface area contributed by atoms with Crippen LogP contribution in [0.25, 0.3) is 0 Å². The zero-order valence-electron chi connectivity index (χ0n) is 10.8. The Morgan fingerprint density at radius 1 is 1.56 bits per heavy atom. The molecule has 1 atom stereocenters. The summed E-state index contributed by atoms with van der Waals surface area (Å²) in [6.07, 6.45) is 4.92. The van der Waals surface area contributed by atoms with Gasteiger partial charge in [-0.15, -0.1) is 0 Å². The quantitative estimate of drug-likeness (QED) is 0.821. The van der Waals surface area contributed by atoms with Crippen LogP contribution in [-0.4, -0.2) is 48.1 Å². The van der Waals surface area contributed by atoms with Crippen molar-refractivity contribution in [2.45, 2.75) is 43.7 Å². The van der Waals surface area contributed by atoms with Gasteiger partial charge < -0.3 is 5.32 Å². The number of aromatic nitrogens is 2. The fourth-order valence-electron chi connectivity index (χ4n) is 2.23. The first-order chi connectivity index (χ1) is 8.51. The molecular formula is C11H20N4O2S. The molecule has 0 amide bonds. The smallest absolute Gasteiger partial charge is 0.246 e. The Kier molecular flexibility index (Phi) is 4.04. The van der Waals surface area contributed by atoms with Crippen LogP contribution in [0.3, 0.4) is 0 Å². The van der Waals surface area contributed by atoms with Crippen molar-refractivity contribution in [1.82, 2.24) is 19.8 Å². The molecule has 2 heterocycles. The summed E-state index contributed by atoms with van der Waals surface area (Å²) in [5.74, 6) is 0. The lowest BCUT2D eigenvalue weighted by Gasteiger charge is -2.28. The Morgan fingerprint density at radius 2 is 2.33 bits per heavy atom. The van der Waals surface area contributed by atoms with E-state index in [0.29, 0.717) is 6.54 Å². The summed E-state index contributed by atoms with van der Waals surface area (Å²) >= 11 is 0. The van der Waals surface area contributed by atoms with E-state index in [4.69, 9.17) is 0 Å². The van der Waals surface area contributed by atoms with Crippen LogP contribution < -0.4 is 5.32 Å². The van der Waals surface area contributed by atoms with E-state index in [2.05, 4.69) is 15.5 Å². The first kappa shape index (κ1) is 13.5. The third kappa shape index (κ3) is 2.73. The number of aromatic amines is 1. The van der Waals surface area contributed by atoms with Gasteiger partial charge in [0.15, 0.2) is 0 Å². The van der Waals surface area contributed by atoms with Crippen molar-refractivity contribution in [3.63, 3.8) is 0 Å².